The number of nitrogens with two attached hydrogens (primary N) is 1. The summed E-state index contributed by atoms with van der Waals surface area (Å²) in [5, 5.41) is 0. The summed E-state index contributed by atoms with van der Waals surface area (Å²) in [5.74, 6) is -0.0174. The summed E-state index contributed by atoms with van der Waals surface area (Å²) in [7, 11) is 0. The van der Waals surface area contributed by atoms with Crippen LogP contribution < -0.4 is 5.73 Å². The molecule has 1 amide bonds. The molecule has 104 valence electrons. The number of carbonyl (C=O) groups excluding carboxylic acids is 1. The van der Waals surface area contributed by atoms with E-state index in [4.69, 9.17) is 18.0 Å². The molecule has 0 fully saturated rings. The maximum Gasteiger partial charge on any atom is 0.255 e. The van der Waals surface area contributed by atoms with Crippen molar-refractivity contribution in [2.75, 3.05) is 6.54 Å². The van der Waals surface area contributed by atoms with Gasteiger partial charge < -0.3 is 10.6 Å². The zero-order valence-corrected chi connectivity index (χ0v) is 12.8. The van der Waals surface area contributed by atoms with E-state index in [0.29, 0.717) is 23.5 Å². The molecule has 4 nitrogen and oxygen atoms in total. The van der Waals surface area contributed by atoms with Crippen LogP contribution in [0.1, 0.15) is 42.0 Å². The maximum atomic E-state index is 12.5. The second-order valence-electron chi connectivity index (χ2n) is 4.89. The molecule has 1 aromatic rings. The van der Waals surface area contributed by atoms with Crippen LogP contribution in [0.25, 0.3) is 0 Å². The van der Waals surface area contributed by atoms with Crippen molar-refractivity contribution in [1.82, 2.24) is 9.88 Å². The Kier molecular flexibility index (Phi) is 5.42. The van der Waals surface area contributed by atoms with E-state index >= 15 is 0 Å². The summed E-state index contributed by atoms with van der Waals surface area (Å²) in [6.07, 6.45) is 0.539. The minimum absolute atomic E-state index is 0.0174. The van der Waals surface area contributed by atoms with Crippen molar-refractivity contribution in [2.24, 2.45) is 5.73 Å². The van der Waals surface area contributed by atoms with Gasteiger partial charge in [0.15, 0.2) is 0 Å². The minimum Gasteiger partial charge on any atom is -0.393 e. The Morgan fingerprint density at radius 3 is 2.53 bits per heavy atom. The first-order chi connectivity index (χ1) is 8.82. The lowest BCUT2D eigenvalue weighted by molar-refractivity contribution is 0.0710. The average Bonchev–Trinajstić information content (AvgIpc) is 2.27. The lowest BCUT2D eigenvalue weighted by Crippen LogP contribution is -2.39. The molecule has 0 aliphatic carbocycles. The van der Waals surface area contributed by atoms with Gasteiger partial charge >= 0.3 is 0 Å². The largest absolute Gasteiger partial charge is 0.393 e. The normalized spacial score (nSPS) is 10.6. The molecule has 0 unspecified atom stereocenters. The molecule has 5 heteroatoms. The molecule has 0 spiro atoms. The van der Waals surface area contributed by atoms with Gasteiger partial charge in [-0.25, -0.2) is 0 Å². The third-order valence-electron chi connectivity index (χ3n) is 2.94. The number of nitrogens with zero attached hydrogens (tertiary/aromatic N) is 2. The molecule has 0 atom stereocenters. The van der Waals surface area contributed by atoms with Crippen LogP contribution in [0, 0.1) is 13.8 Å². The third-order valence-corrected chi connectivity index (χ3v) is 3.14. The standard InChI is InChI=1S/C14H21N3OS/c1-9(2)17(8-7-13(15)19)14(18)12-6-5-10(3)16-11(12)4/h5-6,9H,7-8H2,1-4H3,(H2,15,19). The summed E-state index contributed by atoms with van der Waals surface area (Å²) in [5.41, 5.74) is 7.82. The number of amides is 1. The third kappa shape index (κ3) is 4.28. The smallest absolute Gasteiger partial charge is 0.255 e. The van der Waals surface area contributed by atoms with E-state index in [-0.39, 0.29) is 11.9 Å². The van der Waals surface area contributed by atoms with E-state index in [9.17, 15) is 4.79 Å². The zero-order valence-electron chi connectivity index (χ0n) is 11.9. The molecule has 0 aliphatic heterocycles. The highest BCUT2D eigenvalue weighted by atomic mass is 32.1. The van der Waals surface area contributed by atoms with Gasteiger partial charge in [-0.3, -0.25) is 9.78 Å². The van der Waals surface area contributed by atoms with Crippen molar-refractivity contribution < 1.29 is 4.79 Å². The molecular formula is C14H21N3OS. The maximum absolute atomic E-state index is 12.5. The summed E-state index contributed by atoms with van der Waals surface area (Å²) in [6.45, 7) is 8.27. The molecule has 19 heavy (non-hydrogen) atoms. The molecular weight excluding hydrogens is 258 g/mol. The molecule has 1 rings (SSSR count). The van der Waals surface area contributed by atoms with Crippen molar-refractivity contribution >= 4 is 23.1 Å². The van der Waals surface area contributed by atoms with Gasteiger partial charge in [0.1, 0.15) is 0 Å². The average molecular weight is 279 g/mol. The van der Waals surface area contributed by atoms with Gasteiger partial charge in [0, 0.05) is 24.7 Å². The van der Waals surface area contributed by atoms with E-state index < -0.39 is 0 Å². The highest BCUT2D eigenvalue weighted by Gasteiger charge is 2.20. The number of carbonyl (C=O) groups is 1. The van der Waals surface area contributed by atoms with E-state index in [2.05, 4.69) is 4.98 Å². The molecule has 0 bridgehead atoms. The highest BCUT2D eigenvalue weighted by molar-refractivity contribution is 7.80. The van der Waals surface area contributed by atoms with Crippen LogP contribution >= 0.6 is 12.2 Å². The van der Waals surface area contributed by atoms with E-state index in [1.807, 2.05) is 39.8 Å². The van der Waals surface area contributed by atoms with Crippen LogP contribution in [0.15, 0.2) is 12.1 Å². The Bertz CT molecular complexity index is 486. The Balaban J connectivity index is 2.95. The van der Waals surface area contributed by atoms with Crippen LogP contribution in [0.5, 0.6) is 0 Å². The molecule has 0 aliphatic rings. The summed E-state index contributed by atoms with van der Waals surface area (Å²) in [6, 6.07) is 3.78. The summed E-state index contributed by atoms with van der Waals surface area (Å²) < 4.78 is 0. The van der Waals surface area contributed by atoms with Gasteiger partial charge in [0.25, 0.3) is 5.91 Å². The number of pyridine rings is 1. The van der Waals surface area contributed by atoms with Gasteiger partial charge in [0.2, 0.25) is 0 Å². The van der Waals surface area contributed by atoms with Crippen molar-refractivity contribution in [1.29, 1.82) is 0 Å². The Labute approximate surface area is 120 Å². The predicted molar refractivity (Wildman–Crippen MR) is 81.3 cm³/mol. The monoisotopic (exact) mass is 279 g/mol. The topological polar surface area (TPSA) is 59.2 Å². The van der Waals surface area contributed by atoms with Crippen molar-refractivity contribution in [3.05, 3.63) is 29.1 Å². The molecule has 0 aromatic carbocycles. The first kappa shape index (κ1) is 15.6. The summed E-state index contributed by atoms with van der Waals surface area (Å²) in [4.78, 5) is 19.1. The second kappa shape index (κ2) is 6.61. The quantitative estimate of drug-likeness (QED) is 0.840. The fourth-order valence-corrected chi connectivity index (χ4v) is 1.98. The predicted octanol–water partition coefficient (Wildman–Crippen LogP) is 2.23. The van der Waals surface area contributed by atoms with Crippen LogP contribution in [-0.2, 0) is 0 Å². The number of hydrogen-bond acceptors (Lipinski definition) is 3. The van der Waals surface area contributed by atoms with Crippen LogP contribution in [0.4, 0.5) is 0 Å². The highest BCUT2D eigenvalue weighted by Crippen LogP contribution is 2.13. The molecule has 0 radical (unpaired) electrons. The first-order valence-corrected chi connectivity index (χ1v) is 6.77. The van der Waals surface area contributed by atoms with Crippen LogP contribution in [0.3, 0.4) is 0 Å². The lowest BCUT2D eigenvalue weighted by Gasteiger charge is -2.27. The SMILES string of the molecule is Cc1ccc(C(=O)N(CCC(N)=S)C(C)C)c(C)n1. The van der Waals surface area contributed by atoms with Gasteiger partial charge in [-0.05, 0) is 39.8 Å². The van der Waals surface area contributed by atoms with Gasteiger partial charge in [-0.1, -0.05) is 12.2 Å². The Hall–Kier alpha value is -1.49. The molecule has 0 saturated carbocycles. The second-order valence-corrected chi connectivity index (χ2v) is 5.42. The zero-order chi connectivity index (χ0) is 14.6. The lowest BCUT2D eigenvalue weighted by atomic mass is 10.1. The van der Waals surface area contributed by atoms with Gasteiger partial charge in [-0.2, -0.15) is 0 Å². The molecule has 1 aromatic heterocycles. The number of rotatable bonds is 5. The van der Waals surface area contributed by atoms with Gasteiger partial charge in [0.05, 0.1) is 16.2 Å². The first-order valence-electron chi connectivity index (χ1n) is 6.36. The Morgan fingerprint density at radius 1 is 1.42 bits per heavy atom. The molecule has 2 N–H and O–H groups in total. The van der Waals surface area contributed by atoms with E-state index in [1.165, 1.54) is 0 Å². The van der Waals surface area contributed by atoms with E-state index in [1.54, 1.807) is 4.90 Å². The number of hydrogen-bond donors (Lipinski definition) is 1. The number of aromatic nitrogens is 1. The molecule has 0 saturated heterocycles. The minimum atomic E-state index is -0.0174. The van der Waals surface area contributed by atoms with E-state index in [0.717, 1.165) is 11.4 Å². The Morgan fingerprint density at radius 2 is 2.05 bits per heavy atom. The fourth-order valence-electron chi connectivity index (χ4n) is 1.89. The van der Waals surface area contributed by atoms with Crippen LogP contribution in [-0.4, -0.2) is 33.4 Å². The van der Waals surface area contributed by atoms with Crippen molar-refractivity contribution in [3.63, 3.8) is 0 Å². The van der Waals surface area contributed by atoms with Crippen LogP contribution in [0.2, 0.25) is 0 Å². The number of aryl methyl sites for hydroxylation is 2. The van der Waals surface area contributed by atoms with Crippen molar-refractivity contribution in [3.8, 4) is 0 Å². The van der Waals surface area contributed by atoms with Crippen molar-refractivity contribution in [2.45, 2.75) is 40.2 Å². The fraction of sp³-hybridized carbons (Fsp3) is 0.500. The molecule has 1 heterocycles. The summed E-state index contributed by atoms with van der Waals surface area (Å²) >= 11 is 4.87. The number of thiocarbonyl (C=S) groups is 1. The van der Waals surface area contributed by atoms with Gasteiger partial charge in [-0.15, -0.1) is 0 Å².